The number of rotatable bonds is 4. The Morgan fingerprint density at radius 3 is 2.80 bits per heavy atom. The first-order valence-corrected chi connectivity index (χ1v) is 7.51. The molecule has 1 aromatic rings. The minimum absolute atomic E-state index is 0.238. The molecule has 3 heteroatoms. The molecule has 1 aliphatic rings. The summed E-state index contributed by atoms with van der Waals surface area (Å²) in [5.74, 6) is 0.565. The summed E-state index contributed by atoms with van der Waals surface area (Å²) in [6.07, 6.45) is 4.34. The van der Waals surface area contributed by atoms with E-state index in [0.29, 0.717) is 17.9 Å². The molecule has 1 aromatic carbocycles. The van der Waals surface area contributed by atoms with E-state index in [1.54, 1.807) is 18.2 Å². The summed E-state index contributed by atoms with van der Waals surface area (Å²) < 4.78 is 19.3. The van der Waals surface area contributed by atoms with Gasteiger partial charge in [0.2, 0.25) is 0 Å². The van der Waals surface area contributed by atoms with Crippen molar-refractivity contribution in [2.45, 2.75) is 51.6 Å². The highest BCUT2D eigenvalue weighted by atomic mass is 19.1. The van der Waals surface area contributed by atoms with Crippen LogP contribution in [0.4, 0.5) is 4.39 Å². The van der Waals surface area contributed by atoms with Gasteiger partial charge in [0, 0.05) is 6.42 Å². The molecule has 2 unspecified atom stereocenters. The number of benzene rings is 1. The van der Waals surface area contributed by atoms with E-state index >= 15 is 0 Å². The van der Waals surface area contributed by atoms with Crippen molar-refractivity contribution in [3.8, 4) is 5.75 Å². The van der Waals surface area contributed by atoms with Crippen LogP contribution in [0.5, 0.6) is 5.75 Å². The highest BCUT2D eigenvalue weighted by Crippen LogP contribution is 2.41. The molecule has 2 rings (SSSR count). The Kier molecular flexibility index (Phi) is 4.69. The van der Waals surface area contributed by atoms with Gasteiger partial charge in [0.05, 0.1) is 12.7 Å². The first-order chi connectivity index (χ1) is 9.48. The third-order valence-corrected chi connectivity index (χ3v) is 4.63. The van der Waals surface area contributed by atoms with Crippen LogP contribution in [0.1, 0.15) is 45.1 Å². The van der Waals surface area contributed by atoms with E-state index in [0.717, 1.165) is 25.7 Å². The number of ether oxygens (including phenoxy) is 1. The van der Waals surface area contributed by atoms with Crippen LogP contribution in [-0.4, -0.2) is 17.8 Å². The average Bonchev–Trinajstić information content (AvgIpc) is 2.41. The molecule has 20 heavy (non-hydrogen) atoms. The van der Waals surface area contributed by atoms with Crippen LogP contribution >= 0.6 is 0 Å². The summed E-state index contributed by atoms with van der Waals surface area (Å²) in [4.78, 5) is 0. The van der Waals surface area contributed by atoms with Crippen molar-refractivity contribution in [2.24, 2.45) is 11.8 Å². The standard InChI is InChI=1S/C17H25FO2/c1-12(2)14-8-4-5-10-17(14,19)11-13-7-6-9-15(20-3)16(13)18/h6-7,9,12,14,19H,4-5,8,10-11H2,1-3H3. The number of methoxy groups -OCH3 is 1. The normalized spacial score (nSPS) is 26.8. The van der Waals surface area contributed by atoms with Gasteiger partial charge in [-0.25, -0.2) is 4.39 Å². The Bertz CT molecular complexity index is 458. The summed E-state index contributed by atoms with van der Waals surface area (Å²) >= 11 is 0. The lowest BCUT2D eigenvalue weighted by Crippen LogP contribution is -2.45. The Hall–Kier alpha value is -1.09. The summed E-state index contributed by atoms with van der Waals surface area (Å²) in [5.41, 5.74) is -0.237. The van der Waals surface area contributed by atoms with E-state index in [1.807, 2.05) is 0 Å². The summed E-state index contributed by atoms with van der Waals surface area (Å²) in [5, 5.41) is 11.0. The fourth-order valence-electron chi connectivity index (χ4n) is 3.60. The minimum atomic E-state index is -0.792. The van der Waals surface area contributed by atoms with Crippen LogP contribution in [-0.2, 0) is 6.42 Å². The number of halogens is 1. The van der Waals surface area contributed by atoms with Gasteiger partial charge in [0.1, 0.15) is 0 Å². The van der Waals surface area contributed by atoms with Crippen LogP contribution in [0.15, 0.2) is 18.2 Å². The van der Waals surface area contributed by atoms with E-state index in [1.165, 1.54) is 7.11 Å². The minimum Gasteiger partial charge on any atom is -0.494 e. The molecule has 0 radical (unpaired) electrons. The molecule has 112 valence electrons. The average molecular weight is 280 g/mol. The predicted molar refractivity (Wildman–Crippen MR) is 78.4 cm³/mol. The van der Waals surface area contributed by atoms with Gasteiger partial charge in [-0.05, 0) is 36.3 Å². The first-order valence-electron chi connectivity index (χ1n) is 7.51. The molecule has 2 nitrogen and oxygen atoms in total. The maximum Gasteiger partial charge on any atom is 0.168 e. The molecule has 0 bridgehead atoms. The highest BCUT2D eigenvalue weighted by Gasteiger charge is 2.40. The second-order valence-electron chi connectivity index (χ2n) is 6.31. The quantitative estimate of drug-likeness (QED) is 0.904. The zero-order valence-electron chi connectivity index (χ0n) is 12.7. The molecule has 1 fully saturated rings. The number of aliphatic hydroxyl groups is 1. The second kappa shape index (κ2) is 6.13. The lowest BCUT2D eigenvalue weighted by molar-refractivity contribution is -0.0658. The number of hydrogen-bond acceptors (Lipinski definition) is 2. The van der Waals surface area contributed by atoms with Crippen LogP contribution in [0.2, 0.25) is 0 Å². The molecule has 0 amide bonds. The van der Waals surface area contributed by atoms with E-state index in [9.17, 15) is 9.50 Å². The zero-order chi connectivity index (χ0) is 14.8. The van der Waals surface area contributed by atoms with Crippen LogP contribution < -0.4 is 4.74 Å². The third kappa shape index (κ3) is 2.98. The molecule has 1 aliphatic carbocycles. The molecule has 1 saturated carbocycles. The molecule has 0 heterocycles. The van der Waals surface area contributed by atoms with Crippen molar-refractivity contribution in [2.75, 3.05) is 7.11 Å². The zero-order valence-corrected chi connectivity index (χ0v) is 12.7. The summed E-state index contributed by atoms with van der Waals surface area (Å²) in [6.45, 7) is 4.28. The van der Waals surface area contributed by atoms with Gasteiger partial charge in [0.15, 0.2) is 11.6 Å². The number of hydrogen-bond donors (Lipinski definition) is 1. The monoisotopic (exact) mass is 280 g/mol. The first kappa shape index (κ1) is 15.3. The molecule has 0 aromatic heterocycles. The Labute approximate surface area is 121 Å². The second-order valence-corrected chi connectivity index (χ2v) is 6.31. The topological polar surface area (TPSA) is 29.5 Å². The van der Waals surface area contributed by atoms with Crippen molar-refractivity contribution in [3.63, 3.8) is 0 Å². The molecular formula is C17H25FO2. The largest absolute Gasteiger partial charge is 0.494 e. The van der Waals surface area contributed by atoms with E-state index in [4.69, 9.17) is 4.74 Å². The lowest BCUT2D eigenvalue weighted by Gasteiger charge is -2.42. The molecule has 0 spiro atoms. The molecule has 2 atom stereocenters. The Morgan fingerprint density at radius 1 is 1.40 bits per heavy atom. The SMILES string of the molecule is COc1cccc(CC2(O)CCCCC2C(C)C)c1F. The maximum atomic E-state index is 14.3. The fourth-order valence-corrected chi connectivity index (χ4v) is 3.60. The van der Waals surface area contributed by atoms with Crippen molar-refractivity contribution in [1.29, 1.82) is 0 Å². The van der Waals surface area contributed by atoms with Crippen molar-refractivity contribution in [3.05, 3.63) is 29.6 Å². The van der Waals surface area contributed by atoms with Gasteiger partial charge >= 0.3 is 0 Å². The van der Waals surface area contributed by atoms with E-state index in [-0.39, 0.29) is 17.5 Å². The van der Waals surface area contributed by atoms with Crippen molar-refractivity contribution < 1.29 is 14.2 Å². The van der Waals surface area contributed by atoms with E-state index in [2.05, 4.69) is 13.8 Å². The predicted octanol–water partition coefficient (Wildman–Crippen LogP) is 3.95. The molecule has 1 N–H and O–H groups in total. The van der Waals surface area contributed by atoms with Crippen molar-refractivity contribution >= 4 is 0 Å². The Balaban J connectivity index is 2.26. The van der Waals surface area contributed by atoms with Gasteiger partial charge in [0.25, 0.3) is 0 Å². The van der Waals surface area contributed by atoms with Gasteiger partial charge in [-0.3, -0.25) is 0 Å². The van der Waals surface area contributed by atoms with Gasteiger partial charge in [-0.2, -0.15) is 0 Å². The van der Waals surface area contributed by atoms with Crippen LogP contribution in [0.25, 0.3) is 0 Å². The highest BCUT2D eigenvalue weighted by molar-refractivity contribution is 5.32. The molecular weight excluding hydrogens is 255 g/mol. The van der Waals surface area contributed by atoms with Gasteiger partial charge in [-0.15, -0.1) is 0 Å². The third-order valence-electron chi connectivity index (χ3n) is 4.63. The van der Waals surface area contributed by atoms with Crippen LogP contribution in [0, 0.1) is 17.7 Å². The molecule has 0 aliphatic heterocycles. The summed E-state index contributed by atoms with van der Waals surface area (Å²) in [6, 6.07) is 5.15. The van der Waals surface area contributed by atoms with Gasteiger partial charge in [-0.1, -0.05) is 38.8 Å². The maximum absolute atomic E-state index is 14.3. The fraction of sp³-hybridized carbons (Fsp3) is 0.647. The van der Waals surface area contributed by atoms with Crippen molar-refractivity contribution in [1.82, 2.24) is 0 Å². The molecule has 0 saturated heterocycles. The van der Waals surface area contributed by atoms with Crippen LogP contribution in [0.3, 0.4) is 0 Å². The Morgan fingerprint density at radius 2 is 2.15 bits per heavy atom. The van der Waals surface area contributed by atoms with E-state index < -0.39 is 5.60 Å². The smallest absolute Gasteiger partial charge is 0.168 e. The summed E-state index contributed by atoms with van der Waals surface area (Å²) in [7, 11) is 1.47. The lowest BCUT2D eigenvalue weighted by atomic mass is 9.68. The van der Waals surface area contributed by atoms with Gasteiger partial charge < -0.3 is 9.84 Å².